The molecule has 0 bridgehead atoms. The van der Waals surface area contributed by atoms with Crippen molar-refractivity contribution in [2.75, 3.05) is 30.1 Å². The number of benzene rings is 3. The Bertz CT molecular complexity index is 6190. The van der Waals surface area contributed by atoms with Crippen LogP contribution in [0.2, 0.25) is 8.47 Å². The number of amides is 3. The van der Waals surface area contributed by atoms with Crippen LogP contribution in [-0.2, 0) is 30.1 Å². The molecule has 0 saturated carbocycles. The predicted molar refractivity (Wildman–Crippen MR) is 345 cm³/mol. The summed E-state index contributed by atoms with van der Waals surface area (Å²) < 4.78 is 375. The van der Waals surface area contributed by atoms with Crippen molar-refractivity contribution >= 4 is 134 Å². The van der Waals surface area contributed by atoms with Crippen LogP contribution in [0.3, 0.4) is 0 Å². The maximum atomic E-state index is 13.6. The first-order valence-corrected chi connectivity index (χ1v) is 31.1. The van der Waals surface area contributed by atoms with Crippen LogP contribution in [0, 0.1) is 82.7 Å². The van der Waals surface area contributed by atoms with Gasteiger partial charge >= 0.3 is 0 Å². The summed E-state index contributed by atoms with van der Waals surface area (Å²) in [7, 11) is -15.1. The van der Waals surface area contributed by atoms with E-state index >= 15 is 0 Å². The molecule has 24 nitrogen and oxygen atoms in total. The molecule has 0 fully saturated rings. The molecule has 6 aromatic heterocycles. The standard InChI is InChI=1S/3C20H21N3O5S2/c3*1-10-8-11(2)17(15(9-10)14(5)24)21-19(25)18-16(6-7-29-18)30(26,27)23-20-12(3)13(4)22-28-20/h3*6-9,23H,1-5H3,(H,21,25)/i1D3,2D3,3D3,5D3,9D;1D3,2D3,5D3,9D;3D3,5D3,9D/hD6. The van der Waals surface area contributed by atoms with E-state index in [4.69, 9.17) is 63.2 Å². The van der Waals surface area contributed by atoms with Gasteiger partial charge in [0.25, 0.3) is 47.8 Å². The molecule has 9 aromatic rings. The molecule has 3 aromatic carbocycles. The van der Waals surface area contributed by atoms with Gasteiger partial charge in [0.2, 0.25) is 17.7 Å². The molecular formula is C60H63N9O15S6. The number of anilines is 6. The molecule has 0 aliphatic heterocycles. The third kappa shape index (κ3) is 15.4. The average Bonchev–Trinajstić information content (AvgIpc) is 1.33. The van der Waals surface area contributed by atoms with Crippen LogP contribution in [0.25, 0.3) is 0 Å². The van der Waals surface area contributed by atoms with E-state index in [1.54, 1.807) is 0 Å². The number of Topliss-reactive ketones (excluding diaryl/α,β-unsaturated/α-hetero) is 3. The number of nitrogens with zero attached hydrogens (tertiary/aromatic N) is 3. The minimum absolute atomic E-state index is 0.0556. The highest BCUT2D eigenvalue weighted by atomic mass is 32.2. The number of hydrogen-bond donors (Lipinski definition) is 6. The Balaban J connectivity index is 0.000000260. The highest BCUT2D eigenvalue weighted by Crippen LogP contribution is 2.34. The lowest BCUT2D eigenvalue weighted by atomic mass is 10.0. The molecule has 6 heterocycles. The van der Waals surface area contributed by atoms with Gasteiger partial charge in [0.1, 0.15) is 29.3 Å². The number of aromatic nitrogens is 3. The van der Waals surface area contributed by atoms with Gasteiger partial charge < -0.3 is 29.5 Å². The van der Waals surface area contributed by atoms with Gasteiger partial charge in [-0.1, -0.05) is 33.7 Å². The first kappa shape index (κ1) is 34.3. The van der Waals surface area contributed by atoms with Crippen molar-refractivity contribution < 1.29 is 117 Å². The van der Waals surface area contributed by atoms with Gasteiger partial charge in [-0.3, -0.25) is 28.8 Å². The third-order valence-corrected chi connectivity index (χ3v) is 18.5. The summed E-state index contributed by atoms with van der Waals surface area (Å²) in [6, 6.07) is 1.79. The van der Waals surface area contributed by atoms with E-state index in [0.717, 1.165) is 29.0 Å². The highest BCUT2D eigenvalue weighted by molar-refractivity contribution is 7.93. The second kappa shape index (κ2) is 27.4. The van der Waals surface area contributed by atoms with Gasteiger partial charge in [-0.2, -0.15) is 0 Å². The van der Waals surface area contributed by atoms with E-state index in [1.807, 2.05) is 0 Å². The number of thiophene rings is 3. The van der Waals surface area contributed by atoms with Crippen LogP contribution < -0.4 is 30.1 Å². The van der Waals surface area contributed by atoms with Crippen molar-refractivity contribution in [1.82, 2.24) is 15.5 Å². The van der Waals surface area contributed by atoms with E-state index in [1.165, 1.54) is 53.0 Å². The van der Waals surface area contributed by atoms with Crippen molar-refractivity contribution in [3.8, 4) is 0 Å². The number of carbonyl (C=O) groups is 6. The summed E-state index contributed by atoms with van der Waals surface area (Å²) in [4.78, 5) is 74.4. The first-order valence-electron chi connectivity index (χ1n) is 41.8. The second-order valence-corrected chi connectivity index (χ2v) is 25.3. The molecule has 0 atom stereocenters. The Kier molecular flexibility index (Phi) is 10.5. The summed E-state index contributed by atoms with van der Waals surface area (Å²) in [5, 5.41) is 13.2. The smallest absolute Gasteiger partial charge is 0.267 e. The number of rotatable bonds is 18. The Labute approximate surface area is 582 Å². The third-order valence-electron chi connectivity index (χ3n) is 11.5. The van der Waals surface area contributed by atoms with Gasteiger partial charge in [0.05, 0.1) is 38.3 Å². The van der Waals surface area contributed by atoms with Gasteiger partial charge in [-0.25, -0.2) is 39.4 Å². The van der Waals surface area contributed by atoms with Gasteiger partial charge in [-0.15, -0.1) is 34.0 Å². The van der Waals surface area contributed by atoms with Crippen LogP contribution in [0.1, 0.15) is 189 Å². The molecule has 0 aliphatic rings. The lowest BCUT2D eigenvalue weighted by Crippen LogP contribution is -2.20. The van der Waals surface area contributed by atoms with Crippen LogP contribution in [0.5, 0.6) is 0 Å². The fourth-order valence-electron chi connectivity index (χ4n) is 7.14. The second-order valence-electron chi connectivity index (χ2n) is 17.9. The first-order chi connectivity index (χ1) is 56.8. The molecule has 0 spiro atoms. The number of nitrogens with one attached hydrogen (secondary N) is 6. The molecule has 0 saturated heterocycles. The summed E-state index contributed by atoms with van der Waals surface area (Å²) in [5.74, 6) is -12.4. The van der Waals surface area contributed by atoms with E-state index < -0.39 is 259 Å². The number of carbonyl (C=O) groups excluding carboxylic acids is 6. The van der Waals surface area contributed by atoms with Crippen molar-refractivity contribution in [2.24, 2.45) is 0 Å². The molecule has 6 N–H and O–H groups in total. The minimum Gasteiger partial charge on any atom is -0.337 e. The highest BCUT2D eigenvalue weighted by Gasteiger charge is 2.31. The molecule has 0 aliphatic carbocycles. The monoisotopic (exact) mass is 1380 g/mol. The SMILES string of the molecule is [2H]c1c(C([2H])([2H])[2H])cc(C([2H])([2H])[2H])c(N([2H])C(=O)c2sccc2S(=O)(=O)N([2H])c2onc(C)c2C([2H])([2H])[2H])c1C(=O)C([2H])([2H])[2H].[2H]c1c(C([2H])([2H])[2H])cc(C([2H])([2H])[2H])c(N([2H])C(=O)c2sccc2S(=O)(=O)N([2H])c2onc(C)c2C)c1C(=O)C([2H])([2H])[2H].[2H]c1c(C)cc(C)c(N([2H])C(=O)c2sccc2S(=O)(=O)N([2H])c2onc(C)c2C([2H])([2H])[2H])c1C(=O)C([2H])([2H])[2H]. The van der Waals surface area contributed by atoms with Crippen molar-refractivity contribution in [3.63, 3.8) is 0 Å². The fourth-order valence-corrected chi connectivity index (χ4v) is 13.8. The average molecular weight is 1380 g/mol. The fraction of sp³-hybridized carbons (Fsp3) is 0.250. The zero-order valence-corrected chi connectivity index (χ0v) is 51.2. The Morgan fingerprint density at radius 2 is 0.756 bits per heavy atom. The molecule has 474 valence electrons. The van der Waals surface area contributed by atoms with Crippen molar-refractivity contribution in [2.45, 2.75) is 118 Å². The van der Waals surface area contributed by atoms with Crippen LogP contribution in [0.15, 0.2) is 98.9 Å². The van der Waals surface area contributed by atoms with E-state index in [0.29, 0.717) is 46.1 Å². The van der Waals surface area contributed by atoms with E-state index in [-0.39, 0.29) is 63.8 Å². The summed E-state index contributed by atoms with van der Waals surface area (Å²) in [5.41, 5.74) is -12.0. The number of sulfonamides is 3. The normalized spacial score (nSPS) is 18.5. The maximum absolute atomic E-state index is 13.6. The lowest BCUT2D eigenvalue weighted by molar-refractivity contribution is 0.100. The molecule has 90 heavy (non-hydrogen) atoms. The Hall–Kier alpha value is -8.94. The predicted octanol–water partition coefficient (Wildman–Crippen LogP) is 12.7. The Morgan fingerprint density at radius 1 is 0.444 bits per heavy atom. The number of ketones is 3. The van der Waals surface area contributed by atoms with Crippen LogP contribution in [0.4, 0.5) is 34.7 Å². The maximum Gasteiger partial charge on any atom is 0.267 e. The molecule has 0 radical (unpaired) electrons. The summed E-state index contributed by atoms with van der Waals surface area (Å²) in [6.45, 7) is -21.3. The van der Waals surface area contributed by atoms with Crippen LogP contribution in [-0.4, -0.2) is 75.8 Å². The zero-order valence-electron chi connectivity index (χ0n) is 82.3. The molecule has 30 heteroatoms. The van der Waals surface area contributed by atoms with Crippen molar-refractivity contribution in [3.05, 3.63) is 169 Å². The molecule has 3 amide bonds. The topological polar surface area (TPSA) is 355 Å². The van der Waals surface area contributed by atoms with Gasteiger partial charge in [-0.05, 0) is 189 Å². The van der Waals surface area contributed by atoms with Crippen molar-refractivity contribution in [1.29, 1.82) is 0 Å². The number of aryl methyl sites for hydroxylation is 9. The summed E-state index contributed by atoms with van der Waals surface area (Å²) in [6.07, 6.45) is 0. The zero-order chi connectivity index (χ0) is 97.0. The largest absolute Gasteiger partial charge is 0.337 e. The molecule has 0 unspecified atom stereocenters. The van der Waals surface area contributed by atoms with Crippen LogP contribution >= 0.6 is 34.0 Å². The van der Waals surface area contributed by atoms with Gasteiger partial charge in [0, 0.05) is 70.4 Å². The quantitative estimate of drug-likeness (QED) is 0.0435. The Morgan fingerprint density at radius 3 is 1.06 bits per heavy atom. The lowest BCUT2D eigenvalue weighted by Gasteiger charge is -2.14. The number of hydrogen-bond acceptors (Lipinski definition) is 21. The van der Waals surface area contributed by atoms with E-state index in [2.05, 4.69) is 15.5 Å². The molecule has 9 rings (SSSR count). The minimum atomic E-state index is -5.22. The van der Waals surface area contributed by atoms with E-state index in [9.17, 15) is 54.0 Å². The summed E-state index contributed by atoms with van der Waals surface area (Å²) >= 11 is 1.37. The molecular weight excluding hydrogens is 1280 g/mol. The van der Waals surface area contributed by atoms with Gasteiger partial charge in [0.15, 0.2) is 25.8 Å².